The Morgan fingerprint density at radius 3 is 2.62 bits per heavy atom. The molecule has 0 unspecified atom stereocenters. The van der Waals surface area contributed by atoms with Crippen LogP contribution in [0.25, 0.3) is 0 Å². The van der Waals surface area contributed by atoms with Gasteiger partial charge in [0.1, 0.15) is 0 Å². The minimum atomic E-state index is -3.74. The Labute approximate surface area is 169 Å². The maximum Gasteiger partial charge on any atom is 0.255 e. The van der Waals surface area contributed by atoms with Gasteiger partial charge < -0.3 is 15.2 Å². The molecule has 2 aromatic carbocycles. The first-order chi connectivity index (χ1) is 13.8. The number of benzene rings is 2. The molecule has 1 aliphatic heterocycles. The second-order valence-corrected chi connectivity index (χ2v) is 8.80. The highest BCUT2D eigenvalue weighted by Crippen LogP contribution is 2.25. The lowest BCUT2D eigenvalue weighted by Gasteiger charge is -2.30. The number of hydrogen-bond acceptors (Lipinski definition) is 5. The molecule has 0 saturated carbocycles. The Morgan fingerprint density at radius 1 is 1.24 bits per heavy atom. The number of piperidine rings is 1. The van der Waals surface area contributed by atoms with Crippen LogP contribution in [0.2, 0.25) is 0 Å². The number of anilines is 1. The van der Waals surface area contributed by atoms with Crippen molar-refractivity contribution in [1.29, 1.82) is 0 Å². The van der Waals surface area contributed by atoms with E-state index in [0.717, 1.165) is 0 Å². The van der Waals surface area contributed by atoms with Crippen molar-refractivity contribution < 1.29 is 27.4 Å². The first-order valence-electron chi connectivity index (χ1n) is 9.21. The number of carbonyl (C=O) groups excluding carboxylic acids is 1. The lowest BCUT2D eigenvalue weighted by atomic mass is 10.00. The fraction of sp³-hybridized carbons (Fsp3) is 0.350. The molecule has 2 N–H and O–H groups in total. The third kappa shape index (κ3) is 4.75. The summed E-state index contributed by atoms with van der Waals surface area (Å²) in [6, 6.07) is 9.70. The monoisotopic (exact) mass is 422 g/mol. The third-order valence-electron chi connectivity index (χ3n) is 4.97. The average molecular weight is 422 g/mol. The van der Waals surface area contributed by atoms with E-state index in [0.29, 0.717) is 31.6 Å². The molecule has 29 heavy (non-hydrogen) atoms. The molecule has 1 heterocycles. The Balaban J connectivity index is 1.77. The smallest absolute Gasteiger partial charge is 0.255 e. The van der Waals surface area contributed by atoms with Gasteiger partial charge in [-0.05, 0) is 49.1 Å². The molecule has 1 amide bonds. The molecule has 2 aromatic rings. The molecule has 0 radical (unpaired) electrons. The standard InChI is InChI=1S/C20H23FN2O5S/c1-28-19-12-16(5-6-18(19)21)22-20(25)15-3-2-4-17(11-15)29(26,27)23-9-7-14(13-24)8-10-23/h2-6,11-12,14,24H,7-10,13H2,1H3,(H,22,25). The molecule has 3 rings (SSSR count). The van der Waals surface area contributed by atoms with Gasteiger partial charge >= 0.3 is 0 Å². The van der Waals surface area contributed by atoms with Crippen molar-refractivity contribution in [3.63, 3.8) is 0 Å². The second-order valence-electron chi connectivity index (χ2n) is 6.86. The zero-order valence-electron chi connectivity index (χ0n) is 16.0. The first kappa shape index (κ1) is 21.2. The molecule has 0 aromatic heterocycles. The Hall–Kier alpha value is -2.49. The second kappa shape index (κ2) is 8.89. The van der Waals surface area contributed by atoms with Crippen LogP contribution in [0.1, 0.15) is 23.2 Å². The summed E-state index contributed by atoms with van der Waals surface area (Å²) >= 11 is 0. The zero-order chi connectivity index (χ0) is 21.0. The lowest BCUT2D eigenvalue weighted by Crippen LogP contribution is -2.39. The minimum Gasteiger partial charge on any atom is -0.494 e. The number of halogens is 1. The summed E-state index contributed by atoms with van der Waals surface area (Å²) in [7, 11) is -2.42. The van der Waals surface area contributed by atoms with Gasteiger partial charge in [-0.25, -0.2) is 12.8 Å². The van der Waals surface area contributed by atoms with Crippen molar-refractivity contribution in [3.05, 3.63) is 53.8 Å². The summed E-state index contributed by atoms with van der Waals surface area (Å²) in [6.07, 6.45) is 1.20. The van der Waals surface area contributed by atoms with Crippen molar-refractivity contribution in [2.45, 2.75) is 17.7 Å². The van der Waals surface area contributed by atoms with E-state index in [1.165, 1.54) is 53.9 Å². The zero-order valence-corrected chi connectivity index (χ0v) is 16.8. The summed E-state index contributed by atoms with van der Waals surface area (Å²) in [6.45, 7) is 0.719. The number of carbonyl (C=O) groups is 1. The van der Waals surface area contributed by atoms with E-state index in [2.05, 4.69) is 5.32 Å². The van der Waals surface area contributed by atoms with Crippen LogP contribution in [0.4, 0.5) is 10.1 Å². The number of aliphatic hydroxyl groups excluding tert-OH is 1. The van der Waals surface area contributed by atoms with Crippen molar-refractivity contribution >= 4 is 21.6 Å². The fourth-order valence-corrected chi connectivity index (χ4v) is 4.74. The van der Waals surface area contributed by atoms with E-state index >= 15 is 0 Å². The maximum absolute atomic E-state index is 13.5. The minimum absolute atomic E-state index is 0.00888. The van der Waals surface area contributed by atoms with Crippen LogP contribution in [0.15, 0.2) is 47.4 Å². The van der Waals surface area contributed by atoms with Gasteiger partial charge in [-0.2, -0.15) is 4.31 Å². The molecule has 156 valence electrons. The van der Waals surface area contributed by atoms with Crippen LogP contribution in [0.5, 0.6) is 5.75 Å². The van der Waals surface area contributed by atoms with Gasteiger partial charge in [0.05, 0.1) is 12.0 Å². The third-order valence-corrected chi connectivity index (χ3v) is 6.87. The van der Waals surface area contributed by atoms with Crippen LogP contribution in [0, 0.1) is 11.7 Å². The molecule has 0 aliphatic carbocycles. The van der Waals surface area contributed by atoms with E-state index in [-0.39, 0.29) is 28.7 Å². The van der Waals surface area contributed by atoms with Gasteiger partial charge in [0.2, 0.25) is 10.0 Å². The molecular formula is C20H23FN2O5S. The number of sulfonamides is 1. The maximum atomic E-state index is 13.5. The molecule has 0 bridgehead atoms. The van der Waals surface area contributed by atoms with Crippen molar-refractivity contribution in [3.8, 4) is 5.75 Å². The SMILES string of the molecule is COc1cc(NC(=O)c2cccc(S(=O)(=O)N3CCC(CO)CC3)c2)ccc1F. The number of nitrogens with zero attached hydrogens (tertiary/aromatic N) is 1. The predicted octanol–water partition coefficient (Wildman–Crippen LogP) is 2.48. The highest BCUT2D eigenvalue weighted by atomic mass is 32.2. The number of rotatable bonds is 6. The van der Waals surface area contributed by atoms with E-state index in [1.54, 1.807) is 0 Å². The molecule has 1 fully saturated rings. The highest BCUT2D eigenvalue weighted by Gasteiger charge is 2.29. The molecule has 0 atom stereocenters. The van der Waals surface area contributed by atoms with Crippen molar-refractivity contribution in [2.75, 3.05) is 32.1 Å². The molecule has 1 saturated heterocycles. The summed E-state index contributed by atoms with van der Waals surface area (Å²) in [5.41, 5.74) is 0.493. The highest BCUT2D eigenvalue weighted by molar-refractivity contribution is 7.89. The van der Waals surface area contributed by atoms with Crippen LogP contribution < -0.4 is 10.1 Å². The van der Waals surface area contributed by atoms with Gasteiger partial charge in [-0.15, -0.1) is 0 Å². The molecule has 7 nitrogen and oxygen atoms in total. The van der Waals surface area contributed by atoms with Crippen molar-refractivity contribution in [2.24, 2.45) is 5.92 Å². The molecular weight excluding hydrogens is 399 g/mol. The van der Waals surface area contributed by atoms with Crippen LogP contribution in [-0.2, 0) is 10.0 Å². The molecule has 9 heteroatoms. The Morgan fingerprint density at radius 2 is 1.97 bits per heavy atom. The molecule has 1 aliphatic rings. The summed E-state index contributed by atoms with van der Waals surface area (Å²) in [5.74, 6) is -0.963. The topological polar surface area (TPSA) is 95.9 Å². The van der Waals surface area contributed by atoms with Gasteiger partial charge in [-0.3, -0.25) is 4.79 Å². The van der Waals surface area contributed by atoms with Gasteiger partial charge in [-0.1, -0.05) is 6.07 Å². The predicted molar refractivity (Wildman–Crippen MR) is 106 cm³/mol. The Kier molecular flexibility index (Phi) is 6.51. The van der Waals surface area contributed by atoms with E-state index in [4.69, 9.17) is 4.74 Å². The number of methoxy groups -OCH3 is 1. The van der Waals surface area contributed by atoms with E-state index in [9.17, 15) is 22.7 Å². The lowest BCUT2D eigenvalue weighted by molar-refractivity contribution is 0.102. The Bertz CT molecular complexity index is 988. The molecule has 0 spiro atoms. The first-order valence-corrected chi connectivity index (χ1v) is 10.6. The van der Waals surface area contributed by atoms with E-state index < -0.39 is 21.7 Å². The van der Waals surface area contributed by atoms with Gasteiger partial charge in [0.25, 0.3) is 5.91 Å². The number of ether oxygens (including phenoxy) is 1. The number of amides is 1. The van der Waals surface area contributed by atoms with Gasteiger partial charge in [0.15, 0.2) is 11.6 Å². The van der Waals surface area contributed by atoms with Crippen LogP contribution in [-0.4, -0.2) is 50.5 Å². The average Bonchev–Trinajstić information content (AvgIpc) is 2.75. The van der Waals surface area contributed by atoms with Crippen LogP contribution >= 0.6 is 0 Å². The van der Waals surface area contributed by atoms with Crippen LogP contribution in [0.3, 0.4) is 0 Å². The van der Waals surface area contributed by atoms with Crippen molar-refractivity contribution in [1.82, 2.24) is 4.31 Å². The largest absolute Gasteiger partial charge is 0.494 e. The summed E-state index contributed by atoms with van der Waals surface area (Å²) in [5, 5.41) is 11.8. The quantitative estimate of drug-likeness (QED) is 0.746. The normalized spacial score (nSPS) is 15.8. The fourth-order valence-electron chi connectivity index (χ4n) is 3.22. The van der Waals surface area contributed by atoms with Gasteiger partial charge in [0, 0.05) is 37.0 Å². The summed E-state index contributed by atoms with van der Waals surface area (Å²) < 4.78 is 45.6. The number of aliphatic hydroxyl groups is 1. The van der Waals surface area contributed by atoms with E-state index in [1.807, 2.05) is 0 Å². The summed E-state index contributed by atoms with van der Waals surface area (Å²) in [4.78, 5) is 12.6. The number of hydrogen-bond donors (Lipinski definition) is 2. The number of nitrogens with one attached hydrogen (secondary N) is 1.